The van der Waals surface area contributed by atoms with Crippen LogP contribution < -0.4 is 28.5 Å². The van der Waals surface area contributed by atoms with Crippen molar-refractivity contribution in [2.75, 3.05) is 0 Å². The Morgan fingerprint density at radius 1 is 0.952 bits per heavy atom. The number of Topliss-reactive ketones (excluding diaryl/α,β-unsaturated/α-hetero) is 1. The lowest BCUT2D eigenvalue weighted by Gasteiger charge is -2.01. The number of aromatic nitrogens is 1. The van der Waals surface area contributed by atoms with Gasteiger partial charge in [-0.25, -0.2) is 0 Å². The largest absolute Gasteiger partial charge is 1.00 e. The fourth-order valence-corrected chi connectivity index (χ4v) is 2.50. The normalized spacial score (nSPS) is 10.1. The van der Waals surface area contributed by atoms with Crippen molar-refractivity contribution in [3.8, 4) is 0 Å². The molecule has 0 aliphatic rings. The molecule has 0 atom stereocenters. The van der Waals surface area contributed by atoms with Crippen LogP contribution in [0.15, 0.2) is 71.3 Å². The van der Waals surface area contributed by atoms with E-state index < -0.39 is 0 Å². The Balaban J connectivity index is 0.00000161. The smallest absolute Gasteiger partial charge is 0.227 e. The fraction of sp³-hybridized carbons (Fsp3) is 0.0588. The summed E-state index contributed by atoms with van der Waals surface area (Å²) in [5, 5.41) is 1.14. The first-order valence-corrected chi connectivity index (χ1v) is 7.19. The van der Waals surface area contributed by atoms with Crippen LogP contribution in [0.1, 0.15) is 10.4 Å². The molecule has 1 heterocycles. The molecule has 106 valence electrons. The summed E-state index contributed by atoms with van der Waals surface area (Å²) in [4.78, 5) is 12.3. The second kappa shape index (κ2) is 7.13. The van der Waals surface area contributed by atoms with Crippen molar-refractivity contribution >= 4 is 32.6 Å². The van der Waals surface area contributed by atoms with Gasteiger partial charge in [-0.2, -0.15) is 4.57 Å². The molecule has 0 unspecified atom stereocenters. The van der Waals surface area contributed by atoms with E-state index in [1.165, 1.54) is 0 Å². The quantitative estimate of drug-likeness (QED) is 0.326. The van der Waals surface area contributed by atoms with E-state index in [9.17, 15) is 4.79 Å². The lowest BCUT2D eigenvalue weighted by atomic mass is 10.1. The van der Waals surface area contributed by atoms with Gasteiger partial charge in [-0.1, -0.05) is 40.2 Å². The number of carbonyl (C=O) groups is 1. The third-order valence-electron chi connectivity index (χ3n) is 3.27. The van der Waals surface area contributed by atoms with Gasteiger partial charge in [0.05, 0.1) is 0 Å². The SMILES string of the molecule is O=C(C[n+]1cccc2ccccc21)c1ccc(Br)cc1.[I-]. The Hall–Kier alpha value is -1.27. The number of para-hydroxylation sites is 1. The van der Waals surface area contributed by atoms with Gasteiger partial charge in [-0.3, -0.25) is 4.79 Å². The van der Waals surface area contributed by atoms with E-state index >= 15 is 0 Å². The van der Waals surface area contributed by atoms with Crippen LogP contribution in [-0.2, 0) is 6.54 Å². The van der Waals surface area contributed by atoms with E-state index in [0.717, 1.165) is 20.9 Å². The molecule has 1 aromatic heterocycles. The number of ketones is 1. The van der Waals surface area contributed by atoms with E-state index in [4.69, 9.17) is 0 Å². The highest BCUT2D eigenvalue weighted by atomic mass is 127. The van der Waals surface area contributed by atoms with Crippen molar-refractivity contribution in [3.63, 3.8) is 0 Å². The van der Waals surface area contributed by atoms with Crippen molar-refractivity contribution in [1.82, 2.24) is 0 Å². The second-order valence-corrected chi connectivity index (χ2v) is 5.54. The van der Waals surface area contributed by atoms with Crippen LogP contribution in [-0.4, -0.2) is 5.78 Å². The molecule has 21 heavy (non-hydrogen) atoms. The number of carbonyl (C=O) groups excluding carboxylic acids is 1. The maximum Gasteiger partial charge on any atom is 0.227 e. The molecule has 3 rings (SSSR count). The average molecular weight is 454 g/mol. The Morgan fingerprint density at radius 3 is 2.38 bits per heavy atom. The minimum atomic E-state index is 0. The summed E-state index contributed by atoms with van der Waals surface area (Å²) in [6.07, 6.45) is 1.94. The van der Waals surface area contributed by atoms with Gasteiger partial charge in [0.2, 0.25) is 17.8 Å². The molecule has 0 bridgehead atoms. The number of pyridine rings is 1. The number of fused-ring (bicyclic) bond motifs is 1. The molecule has 0 aliphatic heterocycles. The Kier molecular flexibility index (Phi) is 5.47. The third-order valence-corrected chi connectivity index (χ3v) is 3.80. The maximum absolute atomic E-state index is 12.3. The molecule has 0 radical (unpaired) electrons. The molecule has 0 fully saturated rings. The van der Waals surface area contributed by atoms with E-state index in [0.29, 0.717) is 6.54 Å². The standard InChI is InChI=1S/C17H13BrNO.HI/c18-15-9-7-14(8-10-15)17(20)12-19-11-3-5-13-4-1-2-6-16(13)19;/h1-11H,12H2;1H/q+1;/p-1. The number of rotatable bonds is 3. The minimum absolute atomic E-state index is 0. The zero-order valence-corrected chi connectivity index (χ0v) is 14.9. The van der Waals surface area contributed by atoms with Crippen LogP contribution in [0.4, 0.5) is 0 Å². The Morgan fingerprint density at radius 2 is 1.62 bits per heavy atom. The molecule has 0 saturated carbocycles. The zero-order chi connectivity index (χ0) is 13.9. The van der Waals surface area contributed by atoms with Crippen molar-refractivity contribution in [3.05, 3.63) is 76.9 Å². The predicted molar refractivity (Wildman–Crippen MR) is 82.6 cm³/mol. The molecule has 0 saturated heterocycles. The summed E-state index contributed by atoms with van der Waals surface area (Å²) in [5.41, 5.74) is 1.80. The molecule has 2 aromatic carbocycles. The van der Waals surface area contributed by atoms with Crippen molar-refractivity contribution in [2.24, 2.45) is 0 Å². The summed E-state index contributed by atoms with van der Waals surface area (Å²) in [7, 11) is 0. The first kappa shape index (κ1) is 16.1. The van der Waals surface area contributed by atoms with Gasteiger partial charge in [-0.05, 0) is 24.3 Å². The van der Waals surface area contributed by atoms with Gasteiger partial charge in [0.1, 0.15) is 0 Å². The number of hydrogen-bond donors (Lipinski definition) is 0. The molecular formula is C17H13BrINO. The highest BCUT2D eigenvalue weighted by Gasteiger charge is 2.14. The topological polar surface area (TPSA) is 20.9 Å². The van der Waals surface area contributed by atoms with E-state index in [1.54, 1.807) is 0 Å². The van der Waals surface area contributed by atoms with Crippen molar-refractivity contribution in [1.29, 1.82) is 0 Å². The molecule has 3 aromatic rings. The number of nitrogens with zero attached hydrogens (tertiary/aromatic N) is 1. The summed E-state index contributed by atoms with van der Waals surface area (Å²) in [6, 6.07) is 19.6. The van der Waals surface area contributed by atoms with Gasteiger partial charge < -0.3 is 24.0 Å². The van der Waals surface area contributed by atoms with Crippen molar-refractivity contribution in [2.45, 2.75) is 6.54 Å². The van der Waals surface area contributed by atoms with Gasteiger partial charge in [0, 0.05) is 27.6 Å². The van der Waals surface area contributed by atoms with Crippen molar-refractivity contribution < 1.29 is 33.3 Å². The van der Waals surface area contributed by atoms with Gasteiger partial charge >= 0.3 is 0 Å². The maximum atomic E-state index is 12.3. The molecule has 0 aliphatic carbocycles. The van der Waals surface area contributed by atoms with Crippen LogP contribution in [0.5, 0.6) is 0 Å². The first-order chi connectivity index (χ1) is 9.74. The lowest BCUT2D eigenvalue weighted by Crippen LogP contribution is -3.00. The van der Waals surface area contributed by atoms with Crippen LogP contribution in [0.25, 0.3) is 10.9 Å². The van der Waals surface area contributed by atoms with Gasteiger partial charge in [0.15, 0.2) is 6.20 Å². The second-order valence-electron chi connectivity index (χ2n) is 4.62. The number of hydrogen-bond acceptors (Lipinski definition) is 1. The van der Waals surface area contributed by atoms with E-state index in [2.05, 4.69) is 28.1 Å². The molecule has 4 heteroatoms. The van der Waals surface area contributed by atoms with Crippen LogP contribution >= 0.6 is 15.9 Å². The average Bonchev–Trinajstić information content (AvgIpc) is 2.48. The molecule has 0 amide bonds. The number of benzene rings is 2. The Labute approximate surface area is 149 Å². The highest BCUT2D eigenvalue weighted by Crippen LogP contribution is 2.12. The fourth-order valence-electron chi connectivity index (χ4n) is 2.24. The van der Waals surface area contributed by atoms with E-state index in [-0.39, 0.29) is 29.8 Å². The predicted octanol–water partition coefficient (Wildman–Crippen LogP) is 0.777. The lowest BCUT2D eigenvalue weighted by molar-refractivity contribution is -0.657. The minimum Gasteiger partial charge on any atom is -1.00 e. The van der Waals surface area contributed by atoms with Gasteiger partial charge in [-0.15, -0.1) is 0 Å². The summed E-state index contributed by atoms with van der Waals surface area (Å²) < 4.78 is 2.96. The van der Waals surface area contributed by atoms with Crippen LogP contribution in [0.2, 0.25) is 0 Å². The monoisotopic (exact) mass is 453 g/mol. The summed E-state index contributed by atoms with van der Waals surface area (Å²) in [5.74, 6) is 0.110. The zero-order valence-electron chi connectivity index (χ0n) is 11.2. The van der Waals surface area contributed by atoms with Crippen LogP contribution in [0, 0.1) is 0 Å². The van der Waals surface area contributed by atoms with Crippen LogP contribution in [0.3, 0.4) is 0 Å². The Bertz CT molecular complexity index is 766. The van der Waals surface area contributed by atoms with E-state index in [1.807, 2.05) is 59.3 Å². The third kappa shape index (κ3) is 3.68. The molecule has 2 nitrogen and oxygen atoms in total. The molecule has 0 spiro atoms. The summed E-state index contributed by atoms with van der Waals surface area (Å²) in [6.45, 7) is 0.350. The van der Waals surface area contributed by atoms with Gasteiger partial charge in [0.25, 0.3) is 0 Å². The molecular weight excluding hydrogens is 441 g/mol. The first-order valence-electron chi connectivity index (χ1n) is 6.40. The molecule has 0 N–H and O–H groups in total. The highest BCUT2D eigenvalue weighted by molar-refractivity contribution is 9.10. The summed E-state index contributed by atoms with van der Waals surface area (Å²) >= 11 is 3.38. The number of halogens is 2.